The molecule has 4 unspecified atom stereocenters. The molecular weight excluding hydrogens is 441 g/mol. The number of amidine groups is 1. The number of carbonyl (C=O) groups excluding carboxylic acids is 2. The molecule has 184 valence electrons. The van der Waals surface area contributed by atoms with Crippen molar-refractivity contribution in [2.45, 2.75) is 76.0 Å². The van der Waals surface area contributed by atoms with Gasteiger partial charge in [-0.15, -0.1) is 0 Å². The van der Waals surface area contributed by atoms with Crippen LogP contribution in [0.25, 0.3) is 0 Å². The Balaban J connectivity index is 1.74. The number of amides is 2. The molecule has 0 aromatic carbocycles. The highest BCUT2D eigenvalue weighted by molar-refractivity contribution is 7.85. The minimum atomic E-state index is -1.42. The van der Waals surface area contributed by atoms with Crippen molar-refractivity contribution >= 4 is 28.6 Å². The molecule has 1 saturated heterocycles. The summed E-state index contributed by atoms with van der Waals surface area (Å²) in [6, 6.07) is 0. The van der Waals surface area contributed by atoms with E-state index in [-0.39, 0.29) is 49.3 Å². The molecule has 0 aromatic rings. The number of aliphatic imine (C=N–C) groups is 1. The lowest BCUT2D eigenvalue weighted by atomic mass is 9.87. The third-order valence-electron chi connectivity index (χ3n) is 5.55. The molecule has 0 radical (unpaired) electrons. The standard InChI is InChI=1S/C21H36FN3O6S/c1-21(2,3)31-20(28)25-8-6-15(7-9-25)30-13-18(27)24-19(23)14-4-5-17(16(22)12-14)32(29)11-10-26/h14-17,26H,4-13H2,1-3H3,(H2,23,24,27). The molecule has 2 aliphatic rings. The molecule has 1 heterocycles. The van der Waals surface area contributed by atoms with Crippen molar-refractivity contribution in [3.8, 4) is 0 Å². The molecule has 11 heteroatoms. The minimum Gasteiger partial charge on any atom is -0.444 e. The largest absolute Gasteiger partial charge is 0.444 e. The highest BCUT2D eigenvalue weighted by Crippen LogP contribution is 2.30. The van der Waals surface area contributed by atoms with E-state index in [2.05, 4.69) is 4.99 Å². The minimum absolute atomic E-state index is 0.0614. The first-order valence-electron chi connectivity index (χ1n) is 11.1. The zero-order chi connectivity index (χ0) is 23.9. The van der Waals surface area contributed by atoms with Gasteiger partial charge in [-0.25, -0.2) is 9.18 Å². The quantitative estimate of drug-likeness (QED) is 0.420. The van der Waals surface area contributed by atoms with E-state index in [0.29, 0.717) is 38.8 Å². The number of hydrogen-bond acceptors (Lipinski definition) is 6. The molecule has 2 rings (SSSR count). The summed E-state index contributed by atoms with van der Waals surface area (Å²) in [6.07, 6.45) is 0.274. The van der Waals surface area contributed by atoms with Gasteiger partial charge in [-0.05, 0) is 52.9 Å². The summed E-state index contributed by atoms with van der Waals surface area (Å²) in [7, 11) is -1.42. The number of nitrogens with zero attached hydrogens (tertiary/aromatic N) is 2. The van der Waals surface area contributed by atoms with Gasteiger partial charge in [-0.3, -0.25) is 9.00 Å². The summed E-state index contributed by atoms with van der Waals surface area (Å²) in [6.45, 7) is 5.95. The van der Waals surface area contributed by atoms with Gasteiger partial charge in [0.25, 0.3) is 5.91 Å². The first-order chi connectivity index (χ1) is 15.0. The van der Waals surface area contributed by atoms with Gasteiger partial charge < -0.3 is 25.2 Å². The van der Waals surface area contributed by atoms with Crippen LogP contribution in [0.3, 0.4) is 0 Å². The fourth-order valence-electron chi connectivity index (χ4n) is 3.88. The lowest BCUT2D eigenvalue weighted by Crippen LogP contribution is -2.43. The Hall–Kier alpha value is -1.59. The van der Waals surface area contributed by atoms with E-state index in [4.69, 9.17) is 20.3 Å². The van der Waals surface area contributed by atoms with Crippen molar-refractivity contribution in [3.63, 3.8) is 0 Å². The molecule has 2 amide bonds. The predicted molar refractivity (Wildman–Crippen MR) is 120 cm³/mol. The highest BCUT2D eigenvalue weighted by atomic mass is 32.2. The second-order valence-corrected chi connectivity index (χ2v) is 11.1. The number of nitrogens with two attached hydrogens (primary N) is 1. The monoisotopic (exact) mass is 477 g/mol. The summed E-state index contributed by atoms with van der Waals surface area (Å²) in [5.74, 6) is -0.773. The Morgan fingerprint density at radius 1 is 1.22 bits per heavy atom. The zero-order valence-electron chi connectivity index (χ0n) is 19.1. The van der Waals surface area contributed by atoms with E-state index >= 15 is 0 Å². The van der Waals surface area contributed by atoms with Crippen molar-refractivity contribution < 1.29 is 32.8 Å². The van der Waals surface area contributed by atoms with Gasteiger partial charge in [0.05, 0.1) is 18.0 Å². The Morgan fingerprint density at radius 2 is 1.88 bits per heavy atom. The summed E-state index contributed by atoms with van der Waals surface area (Å²) < 4.78 is 37.4. The first-order valence-corrected chi connectivity index (χ1v) is 12.5. The van der Waals surface area contributed by atoms with Crippen LogP contribution in [-0.2, 0) is 25.1 Å². The molecule has 3 N–H and O–H groups in total. The molecule has 0 aromatic heterocycles. The number of likely N-dealkylation sites (tertiary alicyclic amines) is 1. The summed E-state index contributed by atoms with van der Waals surface area (Å²) in [4.78, 5) is 29.8. The Morgan fingerprint density at radius 3 is 2.44 bits per heavy atom. The van der Waals surface area contributed by atoms with Gasteiger partial charge in [0.15, 0.2) is 0 Å². The molecule has 4 atom stereocenters. The number of aliphatic hydroxyl groups is 1. The van der Waals surface area contributed by atoms with Crippen molar-refractivity contribution in [1.29, 1.82) is 0 Å². The molecule has 32 heavy (non-hydrogen) atoms. The molecule has 0 bridgehead atoms. The number of carbonyl (C=O) groups is 2. The molecular formula is C21H36FN3O6S. The SMILES string of the molecule is CC(C)(C)OC(=O)N1CCC(OCC(=O)N=C(N)C2CCC(S(=O)CCO)C(F)C2)CC1. The molecule has 0 spiro atoms. The zero-order valence-corrected chi connectivity index (χ0v) is 19.9. The summed E-state index contributed by atoms with van der Waals surface area (Å²) in [5.41, 5.74) is 5.39. The number of hydrogen-bond donors (Lipinski definition) is 2. The number of alkyl halides is 1. The average Bonchev–Trinajstić information content (AvgIpc) is 2.71. The van der Waals surface area contributed by atoms with E-state index in [9.17, 15) is 18.2 Å². The van der Waals surface area contributed by atoms with Crippen LogP contribution in [0.4, 0.5) is 9.18 Å². The number of piperidine rings is 1. The molecule has 2 fully saturated rings. The Bertz CT molecular complexity index is 706. The topological polar surface area (TPSA) is 132 Å². The van der Waals surface area contributed by atoms with Crippen LogP contribution in [0.2, 0.25) is 0 Å². The van der Waals surface area contributed by atoms with Crippen LogP contribution in [-0.4, -0.2) is 87.2 Å². The van der Waals surface area contributed by atoms with E-state index in [1.807, 2.05) is 20.8 Å². The third kappa shape index (κ3) is 8.40. The van der Waals surface area contributed by atoms with E-state index in [1.54, 1.807) is 4.90 Å². The van der Waals surface area contributed by atoms with E-state index < -0.39 is 33.7 Å². The Labute approximate surface area is 191 Å². The average molecular weight is 478 g/mol. The molecule has 1 saturated carbocycles. The van der Waals surface area contributed by atoms with Gasteiger partial charge >= 0.3 is 6.09 Å². The maximum absolute atomic E-state index is 14.4. The number of rotatable bonds is 7. The Kier molecular flexibility index (Phi) is 10.0. The predicted octanol–water partition coefficient (Wildman–Crippen LogP) is 1.53. The van der Waals surface area contributed by atoms with Gasteiger partial charge in [0.2, 0.25) is 0 Å². The van der Waals surface area contributed by atoms with E-state index in [0.717, 1.165) is 0 Å². The van der Waals surface area contributed by atoms with Crippen molar-refractivity contribution in [2.75, 3.05) is 32.1 Å². The number of aliphatic hydroxyl groups excluding tert-OH is 1. The van der Waals surface area contributed by atoms with Crippen LogP contribution < -0.4 is 5.73 Å². The van der Waals surface area contributed by atoms with Crippen LogP contribution in [0, 0.1) is 5.92 Å². The fourth-order valence-corrected chi connectivity index (χ4v) is 5.20. The second kappa shape index (κ2) is 12.0. The summed E-state index contributed by atoms with van der Waals surface area (Å²) in [5, 5.41) is 8.27. The van der Waals surface area contributed by atoms with Gasteiger partial charge in [-0.1, -0.05) is 0 Å². The fraction of sp³-hybridized carbons (Fsp3) is 0.857. The van der Waals surface area contributed by atoms with Gasteiger partial charge in [0, 0.05) is 35.6 Å². The highest BCUT2D eigenvalue weighted by Gasteiger charge is 2.35. The third-order valence-corrected chi connectivity index (χ3v) is 7.34. The van der Waals surface area contributed by atoms with Crippen LogP contribution in [0.5, 0.6) is 0 Å². The maximum atomic E-state index is 14.4. The second-order valence-electron chi connectivity index (χ2n) is 9.28. The smallest absolute Gasteiger partial charge is 0.410 e. The molecule has 9 nitrogen and oxygen atoms in total. The lowest BCUT2D eigenvalue weighted by Gasteiger charge is -2.33. The number of ether oxygens (including phenoxy) is 2. The van der Waals surface area contributed by atoms with Crippen LogP contribution >= 0.6 is 0 Å². The van der Waals surface area contributed by atoms with Gasteiger partial charge in [0.1, 0.15) is 24.2 Å². The summed E-state index contributed by atoms with van der Waals surface area (Å²) >= 11 is 0. The first kappa shape index (κ1) is 26.7. The van der Waals surface area contributed by atoms with Crippen molar-refractivity contribution in [2.24, 2.45) is 16.6 Å². The van der Waals surface area contributed by atoms with Crippen LogP contribution in [0.15, 0.2) is 4.99 Å². The van der Waals surface area contributed by atoms with Crippen LogP contribution in [0.1, 0.15) is 52.9 Å². The van der Waals surface area contributed by atoms with Crippen molar-refractivity contribution in [3.05, 3.63) is 0 Å². The molecule has 1 aliphatic heterocycles. The molecule has 1 aliphatic carbocycles. The number of halogens is 1. The van der Waals surface area contributed by atoms with Crippen molar-refractivity contribution in [1.82, 2.24) is 4.90 Å². The normalized spacial score (nSPS) is 26.6. The lowest BCUT2D eigenvalue weighted by molar-refractivity contribution is -0.125. The maximum Gasteiger partial charge on any atom is 0.410 e. The van der Waals surface area contributed by atoms with Gasteiger partial charge in [-0.2, -0.15) is 4.99 Å². The van der Waals surface area contributed by atoms with E-state index in [1.165, 1.54) is 0 Å².